The van der Waals surface area contributed by atoms with Crippen LogP contribution in [0.2, 0.25) is 0 Å². The van der Waals surface area contributed by atoms with Crippen LogP contribution in [0, 0.1) is 35.9 Å². The van der Waals surface area contributed by atoms with Gasteiger partial charge in [0.05, 0.1) is 11.6 Å². The summed E-state index contributed by atoms with van der Waals surface area (Å²) in [4.78, 5) is 7.26. The Morgan fingerprint density at radius 2 is 2.26 bits per heavy atom. The maximum absolute atomic E-state index is 14.6. The van der Waals surface area contributed by atoms with Crippen LogP contribution in [0.5, 0.6) is 0 Å². The summed E-state index contributed by atoms with van der Waals surface area (Å²) in [6.07, 6.45) is 2.62. The van der Waals surface area contributed by atoms with E-state index in [4.69, 9.17) is 0 Å². The summed E-state index contributed by atoms with van der Waals surface area (Å²) in [5.41, 5.74) is 1.71. The Morgan fingerprint density at radius 1 is 1.44 bits per heavy atom. The number of hydrogen-bond donors (Lipinski definition) is 1. The molecule has 7 nitrogen and oxygen atoms in total. The van der Waals surface area contributed by atoms with Crippen molar-refractivity contribution < 1.29 is 8.60 Å². The number of H-pyrrole nitrogens is 1. The number of nitrogens with zero attached hydrogens (tertiary/aromatic N) is 5. The third-order valence-electron chi connectivity index (χ3n) is 5.50. The van der Waals surface area contributed by atoms with E-state index in [1.165, 1.54) is 6.07 Å². The highest BCUT2D eigenvalue weighted by Gasteiger charge is 2.54. The average molecular weight is 384 g/mol. The molecule has 0 spiro atoms. The van der Waals surface area contributed by atoms with Gasteiger partial charge in [0, 0.05) is 24.5 Å². The van der Waals surface area contributed by atoms with Crippen LogP contribution in [-0.4, -0.2) is 40.8 Å². The Balaban J connectivity index is 1.62. The summed E-state index contributed by atoms with van der Waals surface area (Å²) in [7, 11) is 0.225. The van der Waals surface area contributed by atoms with Gasteiger partial charge in [-0.1, -0.05) is 0 Å². The zero-order chi connectivity index (χ0) is 18.9. The molecule has 0 bridgehead atoms. The fraction of sp³-hybridized carbons (Fsp3) is 0.389. The van der Waals surface area contributed by atoms with E-state index in [1.54, 1.807) is 35.4 Å². The Bertz CT molecular complexity index is 1140. The second kappa shape index (κ2) is 5.71. The Morgan fingerprint density at radius 3 is 2.96 bits per heavy atom. The van der Waals surface area contributed by atoms with Gasteiger partial charge in [-0.05, 0) is 42.9 Å². The van der Waals surface area contributed by atoms with Crippen LogP contribution in [0.25, 0.3) is 22.3 Å². The van der Waals surface area contributed by atoms with Crippen LogP contribution < -0.4 is 0 Å². The van der Waals surface area contributed by atoms with Crippen LogP contribution in [0.1, 0.15) is 12.0 Å². The van der Waals surface area contributed by atoms with Crippen LogP contribution >= 0.6 is 0 Å². The molecule has 2 aliphatic rings. The monoisotopic (exact) mass is 384 g/mol. The van der Waals surface area contributed by atoms with Crippen LogP contribution in [0.3, 0.4) is 0 Å². The fourth-order valence-electron chi connectivity index (χ4n) is 4.09. The summed E-state index contributed by atoms with van der Waals surface area (Å²) in [6.45, 7) is 2.44. The fourth-order valence-corrected chi connectivity index (χ4v) is 5.49. The molecule has 1 aliphatic heterocycles. The molecular formula is C18H17FN6OS. The minimum atomic E-state index is -1.54. The van der Waals surface area contributed by atoms with Crippen molar-refractivity contribution >= 4 is 21.9 Å². The molecule has 4 unspecified atom stereocenters. The van der Waals surface area contributed by atoms with Crippen LogP contribution in [0.15, 0.2) is 23.5 Å². The predicted octanol–water partition coefficient (Wildman–Crippen LogP) is 2.28. The van der Waals surface area contributed by atoms with E-state index in [-0.39, 0.29) is 11.6 Å². The number of benzene rings is 1. The summed E-state index contributed by atoms with van der Waals surface area (Å²) < 4.78 is 31.0. The number of nitriles is 1. The first-order valence-electron chi connectivity index (χ1n) is 8.74. The smallest absolute Gasteiger partial charge is 0.182 e. The number of aromatic nitrogens is 4. The van der Waals surface area contributed by atoms with Crippen molar-refractivity contribution in [3.63, 3.8) is 0 Å². The molecule has 1 aliphatic carbocycles. The molecule has 138 valence electrons. The van der Waals surface area contributed by atoms with Crippen molar-refractivity contribution in [2.45, 2.75) is 24.4 Å². The molecule has 27 heavy (non-hydrogen) atoms. The third kappa shape index (κ3) is 2.44. The summed E-state index contributed by atoms with van der Waals surface area (Å²) >= 11 is 0. The standard InChI is InChI=1S/C18H17FN6OS/c1-9-3-13(19)17-12(16(9)18-21-8-24(2)23-18)5-15(22-17)27(26)25-7-10-4-11(10)14(25)6-20/h3,5,8,10-11,14,22H,4,7H2,1-2H3. The van der Waals surface area contributed by atoms with E-state index in [0.717, 1.165) is 6.42 Å². The van der Waals surface area contributed by atoms with E-state index < -0.39 is 16.8 Å². The van der Waals surface area contributed by atoms with Crippen molar-refractivity contribution in [2.24, 2.45) is 18.9 Å². The minimum absolute atomic E-state index is 0.282. The van der Waals surface area contributed by atoms with Gasteiger partial charge < -0.3 is 4.98 Å². The summed E-state index contributed by atoms with van der Waals surface area (Å²) in [5.74, 6) is 0.853. The molecule has 0 radical (unpaired) electrons. The number of aromatic amines is 1. The maximum Gasteiger partial charge on any atom is 0.182 e. The predicted molar refractivity (Wildman–Crippen MR) is 97.1 cm³/mol. The number of aryl methyl sites for hydroxylation is 2. The number of nitrogens with one attached hydrogen (secondary N) is 1. The molecule has 5 rings (SSSR count). The summed E-state index contributed by atoms with van der Waals surface area (Å²) in [5, 5.41) is 14.8. The molecule has 1 aromatic carbocycles. The highest BCUT2D eigenvalue weighted by molar-refractivity contribution is 7.82. The molecule has 1 saturated carbocycles. The Kier molecular flexibility index (Phi) is 3.51. The molecule has 0 amide bonds. The van der Waals surface area contributed by atoms with Gasteiger partial charge in [-0.2, -0.15) is 10.4 Å². The highest BCUT2D eigenvalue weighted by atomic mass is 32.2. The molecule has 2 aromatic heterocycles. The highest BCUT2D eigenvalue weighted by Crippen LogP contribution is 2.50. The van der Waals surface area contributed by atoms with Gasteiger partial charge in [0.2, 0.25) is 0 Å². The van der Waals surface area contributed by atoms with Crippen LogP contribution in [0.4, 0.5) is 4.39 Å². The van der Waals surface area contributed by atoms with Gasteiger partial charge in [-0.15, -0.1) is 0 Å². The summed E-state index contributed by atoms with van der Waals surface area (Å²) in [6, 6.07) is 5.06. The lowest BCUT2D eigenvalue weighted by atomic mass is 10.0. The second-order valence-electron chi connectivity index (χ2n) is 7.30. The Hall–Kier alpha value is -2.57. The van der Waals surface area contributed by atoms with Crippen molar-refractivity contribution in [1.29, 1.82) is 5.26 Å². The van der Waals surface area contributed by atoms with Gasteiger partial charge in [0.25, 0.3) is 0 Å². The molecule has 4 atom stereocenters. The molecule has 9 heteroatoms. The van der Waals surface area contributed by atoms with Crippen molar-refractivity contribution in [2.75, 3.05) is 6.54 Å². The molecule has 1 saturated heterocycles. The number of halogens is 1. The lowest BCUT2D eigenvalue weighted by molar-refractivity contribution is 0.424. The SMILES string of the molecule is Cc1cc(F)c2[nH]c(S(=O)N3CC4CC4C3C#N)cc2c1-c1ncn(C)n1. The van der Waals surface area contributed by atoms with Gasteiger partial charge in [-0.3, -0.25) is 4.68 Å². The number of hydrogen-bond acceptors (Lipinski definition) is 4. The van der Waals surface area contributed by atoms with Crippen LogP contribution in [-0.2, 0) is 18.0 Å². The number of fused-ring (bicyclic) bond motifs is 2. The number of piperidine rings is 1. The molecule has 1 N–H and O–H groups in total. The zero-order valence-corrected chi connectivity index (χ0v) is 15.6. The van der Waals surface area contributed by atoms with E-state index in [1.807, 2.05) is 0 Å². The molecule has 3 heterocycles. The first-order valence-corrected chi connectivity index (χ1v) is 9.84. The van der Waals surface area contributed by atoms with E-state index in [0.29, 0.717) is 45.7 Å². The maximum atomic E-state index is 14.6. The first-order chi connectivity index (χ1) is 13.0. The average Bonchev–Trinajstić information content (AvgIpc) is 3.01. The van der Waals surface area contributed by atoms with Gasteiger partial charge in [0.1, 0.15) is 34.2 Å². The van der Waals surface area contributed by atoms with Crippen molar-refractivity contribution in [3.8, 4) is 17.5 Å². The zero-order valence-electron chi connectivity index (χ0n) is 14.8. The number of rotatable bonds is 3. The Labute approximate surface area is 157 Å². The van der Waals surface area contributed by atoms with Crippen molar-refractivity contribution in [3.05, 3.63) is 29.8 Å². The first kappa shape index (κ1) is 16.6. The normalized spacial score (nSPS) is 25.5. The lowest BCUT2D eigenvalue weighted by Crippen LogP contribution is -2.33. The third-order valence-corrected chi connectivity index (χ3v) is 6.90. The molecule has 3 aromatic rings. The van der Waals surface area contributed by atoms with E-state index in [2.05, 4.69) is 21.1 Å². The lowest BCUT2D eigenvalue weighted by Gasteiger charge is -2.19. The quantitative estimate of drug-likeness (QED) is 0.750. The van der Waals surface area contributed by atoms with E-state index >= 15 is 0 Å². The van der Waals surface area contributed by atoms with Gasteiger partial charge in [0.15, 0.2) is 5.82 Å². The topological polar surface area (TPSA) is 90.6 Å². The molecular weight excluding hydrogens is 367 g/mol. The van der Waals surface area contributed by atoms with Crippen molar-refractivity contribution in [1.82, 2.24) is 24.1 Å². The van der Waals surface area contributed by atoms with E-state index in [9.17, 15) is 13.9 Å². The van der Waals surface area contributed by atoms with Gasteiger partial charge >= 0.3 is 0 Å². The minimum Gasteiger partial charge on any atom is -0.344 e. The largest absolute Gasteiger partial charge is 0.344 e. The van der Waals surface area contributed by atoms with Gasteiger partial charge in [-0.25, -0.2) is 17.9 Å². The second-order valence-corrected chi connectivity index (χ2v) is 8.70. The molecule has 2 fully saturated rings.